The van der Waals surface area contributed by atoms with Gasteiger partial charge in [0.05, 0.1) is 28.0 Å². The van der Waals surface area contributed by atoms with Crippen LogP contribution in [0.5, 0.6) is 0 Å². The Labute approximate surface area is 129 Å². The van der Waals surface area contributed by atoms with Gasteiger partial charge >= 0.3 is 0 Å². The van der Waals surface area contributed by atoms with Crippen LogP contribution in [0, 0.1) is 11.3 Å². The van der Waals surface area contributed by atoms with E-state index in [9.17, 15) is 0 Å². The molecule has 2 heterocycles. The van der Waals surface area contributed by atoms with Crippen LogP contribution in [-0.2, 0) is 0 Å². The SMILES string of the molecule is CC(Cl)c1nc2ccc(C#N)cc2n1C1CCN(C)CC1. The fourth-order valence-corrected chi connectivity index (χ4v) is 3.25. The highest BCUT2D eigenvalue weighted by Crippen LogP contribution is 2.32. The molecular weight excluding hydrogens is 284 g/mol. The van der Waals surface area contributed by atoms with Gasteiger partial charge in [0.2, 0.25) is 0 Å². The summed E-state index contributed by atoms with van der Waals surface area (Å²) >= 11 is 6.34. The van der Waals surface area contributed by atoms with Crippen molar-refractivity contribution in [2.75, 3.05) is 20.1 Å². The summed E-state index contributed by atoms with van der Waals surface area (Å²) in [5.41, 5.74) is 2.63. The average molecular weight is 303 g/mol. The first-order valence-electron chi connectivity index (χ1n) is 7.34. The molecule has 0 N–H and O–H groups in total. The number of alkyl halides is 1. The zero-order valence-electron chi connectivity index (χ0n) is 12.4. The number of piperidine rings is 1. The first-order chi connectivity index (χ1) is 10.1. The maximum atomic E-state index is 9.14. The van der Waals surface area contributed by atoms with E-state index in [-0.39, 0.29) is 5.38 Å². The number of hydrogen-bond donors (Lipinski definition) is 0. The molecule has 0 amide bonds. The lowest BCUT2D eigenvalue weighted by Crippen LogP contribution is -2.32. The summed E-state index contributed by atoms with van der Waals surface area (Å²) < 4.78 is 2.26. The predicted molar refractivity (Wildman–Crippen MR) is 84.5 cm³/mol. The quantitative estimate of drug-likeness (QED) is 0.798. The number of benzene rings is 1. The van der Waals surface area contributed by atoms with E-state index in [1.54, 1.807) is 0 Å². The van der Waals surface area contributed by atoms with Gasteiger partial charge in [-0.2, -0.15) is 5.26 Å². The van der Waals surface area contributed by atoms with Crippen molar-refractivity contribution in [3.63, 3.8) is 0 Å². The van der Waals surface area contributed by atoms with Gasteiger partial charge in [0, 0.05) is 6.04 Å². The molecule has 1 unspecified atom stereocenters. The van der Waals surface area contributed by atoms with E-state index in [1.165, 1.54) is 0 Å². The number of nitriles is 1. The van der Waals surface area contributed by atoms with Gasteiger partial charge in [-0.05, 0) is 58.1 Å². The minimum atomic E-state index is -0.136. The number of imidazole rings is 1. The smallest absolute Gasteiger partial charge is 0.127 e. The molecule has 110 valence electrons. The summed E-state index contributed by atoms with van der Waals surface area (Å²) in [7, 11) is 2.15. The number of likely N-dealkylation sites (tertiary alicyclic amines) is 1. The number of rotatable bonds is 2. The number of nitrogens with zero attached hydrogens (tertiary/aromatic N) is 4. The van der Waals surface area contributed by atoms with Crippen molar-refractivity contribution in [2.24, 2.45) is 0 Å². The van der Waals surface area contributed by atoms with Crippen LogP contribution in [0.1, 0.15) is 42.6 Å². The van der Waals surface area contributed by atoms with Gasteiger partial charge in [-0.15, -0.1) is 11.6 Å². The molecule has 1 aromatic heterocycles. The highest BCUT2D eigenvalue weighted by Gasteiger charge is 2.24. The molecule has 1 fully saturated rings. The fourth-order valence-electron chi connectivity index (χ4n) is 3.10. The van der Waals surface area contributed by atoms with Crippen LogP contribution in [-0.4, -0.2) is 34.6 Å². The van der Waals surface area contributed by atoms with Gasteiger partial charge in [0.15, 0.2) is 0 Å². The van der Waals surface area contributed by atoms with Crippen molar-refractivity contribution in [2.45, 2.75) is 31.2 Å². The van der Waals surface area contributed by atoms with E-state index >= 15 is 0 Å². The Hall–Kier alpha value is -1.57. The highest BCUT2D eigenvalue weighted by atomic mass is 35.5. The van der Waals surface area contributed by atoms with Crippen molar-refractivity contribution in [1.29, 1.82) is 5.26 Å². The fraction of sp³-hybridized carbons (Fsp3) is 0.500. The molecule has 4 nitrogen and oxygen atoms in total. The van der Waals surface area contributed by atoms with Crippen LogP contribution in [0.25, 0.3) is 11.0 Å². The topological polar surface area (TPSA) is 44.9 Å². The molecule has 0 radical (unpaired) electrons. The Morgan fingerprint density at radius 3 is 2.71 bits per heavy atom. The Morgan fingerprint density at radius 2 is 2.10 bits per heavy atom. The maximum Gasteiger partial charge on any atom is 0.127 e. The zero-order valence-corrected chi connectivity index (χ0v) is 13.1. The standard InChI is InChI=1S/C16H19ClN4/c1-11(17)16-19-14-4-3-12(10-18)9-15(14)21(16)13-5-7-20(2)8-6-13/h3-4,9,11,13H,5-8H2,1-2H3. The first-order valence-corrected chi connectivity index (χ1v) is 7.78. The Morgan fingerprint density at radius 1 is 1.38 bits per heavy atom. The van der Waals surface area contributed by atoms with Crippen LogP contribution < -0.4 is 0 Å². The second kappa shape index (κ2) is 5.67. The number of aromatic nitrogens is 2. The second-order valence-electron chi connectivity index (χ2n) is 5.81. The van der Waals surface area contributed by atoms with Crippen molar-refractivity contribution in [1.82, 2.24) is 14.5 Å². The van der Waals surface area contributed by atoms with Crippen molar-refractivity contribution in [3.8, 4) is 6.07 Å². The minimum Gasteiger partial charge on any atom is -0.323 e. The third-order valence-electron chi connectivity index (χ3n) is 4.25. The average Bonchev–Trinajstić information content (AvgIpc) is 2.86. The molecule has 0 bridgehead atoms. The summed E-state index contributed by atoms with van der Waals surface area (Å²) in [5.74, 6) is 0.913. The Bertz CT molecular complexity index is 690. The molecule has 5 heteroatoms. The normalized spacial score (nSPS) is 18.8. The molecule has 0 aliphatic carbocycles. The third kappa shape index (κ3) is 2.64. The highest BCUT2D eigenvalue weighted by molar-refractivity contribution is 6.20. The van der Waals surface area contributed by atoms with E-state index in [1.807, 2.05) is 25.1 Å². The molecule has 2 aromatic rings. The third-order valence-corrected chi connectivity index (χ3v) is 4.45. The maximum absolute atomic E-state index is 9.14. The summed E-state index contributed by atoms with van der Waals surface area (Å²) in [5, 5.41) is 9.00. The van der Waals surface area contributed by atoms with Crippen molar-refractivity contribution in [3.05, 3.63) is 29.6 Å². The van der Waals surface area contributed by atoms with E-state index in [0.717, 1.165) is 42.8 Å². The molecule has 1 aliphatic rings. The van der Waals surface area contributed by atoms with Gasteiger partial charge < -0.3 is 9.47 Å². The van der Waals surface area contributed by atoms with Gasteiger partial charge in [-0.25, -0.2) is 4.98 Å². The van der Waals surface area contributed by atoms with Crippen molar-refractivity contribution >= 4 is 22.6 Å². The van der Waals surface area contributed by atoms with Crippen LogP contribution in [0.4, 0.5) is 0 Å². The minimum absolute atomic E-state index is 0.136. The molecule has 0 spiro atoms. The van der Waals surface area contributed by atoms with E-state index in [2.05, 4.69) is 27.6 Å². The molecule has 0 saturated carbocycles. The Kier molecular flexibility index (Phi) is 3.88. The van der Waals surface area contributed by atoms with Crippen LogP contribution in [0.3, 0.4) is 0 Å². The molecule has 1 saturated heterocycles. The van der Waals surface area contributed by atoms with Gasteiger partial charge in [-0.3, -0.25) is 0 Å². The molecular formula is C16H19ClN4. The number of fused-ring (bicyclic) bond motifs is 1. The Balaban J connectivity index is 2.13. The molecule has 1 aliphatic heterocycles. The molecule has 1 atom stereocenters. The first kappa shape index (κ1) is 14.4. The van der Waals surface area contributed by atoms with Gasteiger partial charge in [-0.1, -0.05) is 0 Å². The lowest BCUT2D eigenvalue weighted by molar-refractivity contribution is 0.221. The summed E-state index contributed by atoms with van der Waals surface area (Å²) in [6.07, 6.45) is 2.19. The molecule has 21 heavy (non-hydrogen) atoms. The summed E-state index contributed by atoms with van der Waals surface area (Å²) in [6, 6.07) is 8.29. The van der Waals surface area contributed by atoms with Crippen molar-refractivity contribution < 1.29 is 0 Å². The van der Waals surface area contributed by atoms with Gasteiger partial charge in [0.25, 0.3) is 0 Å². The predicted octanol–water partition coefficient (Wildman–Crippen LogP) is 3.47. The van der Waals surface area contributed by atoms with E-state index in [4.69, 9.17) is 16.9 Å². The van der Waals surface area contributed by atoms with Gasteiger partial charge in [0.1, 0.15) is 5.82 Å². The van der Waals surface area contributed by atoms with Crippen LogP contribution in [0.15, 0.2) is 18.2 Å². The van der Waals surface area contributed by atoms with Crippen LogP contribution >= 0.6 is 11.6 Å². The lowest BCUT2D eigenvalue weighted by Gasteiger charge is -2.31. The molecule has 3 rings (SSSR count). The number of halogens is 1. The van der Waals surface area contributed by atoms with E-state index < -0.39 is 0 Å². The summed E-state index contributed by atoms with van der Waals surface area (Å²) in [6.45, 7) is 4.12. The monoisotopic (exact) mass is 302 g/mol. The zero-order chi connectivity index (χ0) is 15.0. The lowest BCUT2D eigenvalue weighted by atomic mass is 10.0. The second-order valence-corrected chi connectivity index (χ2v) is 6.46. The largest absolute Gasteiger partial charge is 0.323 e. The number of hydrogen-bond acceptors (Lipinski definition) is 3. The van der Waals surface area contributed by atoms with Crippen LogP contribution in [0.2, 0.25) is 0 Å². The van der Waals surface area contributed by atoms with E-state index in [0.29, 0.717) is 11.6 Å². The molecule has 1 aromatic carbocycles. The summed E-state index contributed by atoms with van der Waals surface area (Å²) in [4.78, 5) is 7.04.